The molecule has 0 heterocycles. The molecule has 0 amide bonds. The van der Waals surface area contributed by atoms with Crippen molar-refractivity contribution in [1.82, 2.24) is 0 Å². The molecule has 0 unspecified atom stereocenters. The Morgan fingerprint density at radius 2 is 2.00 bits per heavy atom. The molecule has 0 N–H and O–H groups in total. The molecule has 0 atom stereocenters. The van der Waals surface area contributed by atoms with Gasteiger partial charge in [-0.05, 0) is 6.92 Å². The zero-order valence-corrected chi connectivity index (χ0v) is 5.72. The van der Waals surface area contributed by atoms with Crippen LogP contribution in [0.4, 0.5) is 0 Å². The Morgan fingerprint density at radius 3 is 2.30 bits per heavy atom. The molecule has 0 rings (SSSR count). The first-order chi connectivity index (χ1) is 4.57. The summed E-state index contributed by atoms with van der Waals surface area (Å²) in [5.41, 5.74) is 0.239. The molecule has 0 radical (unpaired) electrons. The number of esters is 1. The minimum atomic E-state index is -0.628. The Morgan fingerprint density at radius 1 is 1.50 bits per heavy atom. The van der Waals surface area contributed by atoms with Gasteiger partial charge in [-0.15, -0.1) is 0 Å². The van der Waals surface area contributed by atoms with Crippen LogP contribution in [0.5, 0.6) is 0 Å². The van der Waals surface area contributed by atoms with Gasteiger partial charge in [-0.3, -0.25) is 4.79 Å². The molecule has 0 saturated carbocycles. The molecule has 0 spiro atoms. The highest BCUT2D eigenvalue weighted by atomic mass is 16.5. The molecule has 0 aromatic carbocycles. The first-order valence-corrected chi connectivity index (χ1v) is 2.59. The Labute approximate surface area is 59.0 Å². The summed E-state index contributed by atoms with van der Waals surface area (Å²) in [4.78, 5) is 20.4. The maximum Gasteiger partial charge on any atom is 0.338 e. The molecule has 0 aromatic rings. The fourth-order valence-electron chi connectivity index (χ4n) is 0.230. The second-order valence-corrected chi connectivity index (χ2v) is 1.75. The van der Waals surface area contributed by atoms with Crippen LogP contribution in [0.2, 0.25) is 0 Å². The van der Waals surface area contributed by atoms with Gasteiger partial charge in [0.05, 0.1) is 0 Å². The van der Waals surface area contributed by atoms with E-state index < -0.39 is 5.97 Å². The molecule has 0 bridgehead atoms. The summed E-state index contributed by atoms with van der Waals surface area (Å²) >= 11 is 0. The van der Waals surface area contributed by atoms with Gasteiger partial charge in [-0.1, -0.05) is 13.2 Å². The highest BCUT2D eigenvalue weighted by molar-refractivity contribution is 5.90. The van der Waals surface area contributed by atoms with Crippen molar-refractivity contribution in [3.05, 3.63) is 24.5 Å². The lowest BCUT2D eigenvalue weighted by Gasteiger charge is -1.98. The summed E-state index contributed by atoms with van der Waals surface area (Å²) in [6.07, 6.45) is 0.362. The highest BCUT2D eigenvalue weighted by Gasteiger charge is 2.03. The van der Waals surface area contributed by atoms with Gasteiger partial charge in [-0.25, -0.2) is 4.79 Å². The van der Waals surface area contributed by atoms with E-state index in [0.29, 0.717) is 6.29 Å². The molecule has 10 heavy (non-hydrogen) atoms. The SMILES string of the molecule is C=C(C=O)OC(=O)C(=C)C. The van der Waals surface area contributed by atoms with Gasteiger partial charge in [0, 0.05) is 5.57 Å². The number of rotatable bonds is 3. The fourth-order valence-corrected chi connectivity index (χ4v) is 0.230. The number of aldehydes is 1. The van der Waals surface area contributed by atoms with Gasteiger partial charge < -0.3 is 4.74 Å². The number of ether oxygens (including phenoxy) is 1. The average Bonchev–Trinajstić information content (AvgIpc) is 1.87. The number of carbonyl (C=O) groups is 2. The van der Waals surface area contributed by atoms with Crippen molar-refractivity contribution in [2.45, 2.75) is 6.92 Å². The summed E-state index contributed by atoms with van der Waals surface area (Å²) in [5.74, 6) is -0.829. The van der Waals surface area contributed by atoms with Crippen LogP contribution < -0.4 is 0 Å². The predicted octanol–water partition coefficient (Wildman–Crippen LogP) is 0.818. The van der Waals surface area contributed by atoms with Gasteiger partial charge in [0.15, 0.2) is 12.0 Å². The van der Waals surface area contributed by atoms with Crippen molar-refractivity contribution >= 4 is 12.3 Å². The Bertz CT molecular complexity index is 191. The number of carbonyl (C=O) groups excluding carboxylic acids is 2. The summed E-state index contributed by atoms with van der Waals surface area (Å²) in [5, 5.41) is 0. The first kappa shape index (κ1) is 8.62. The molecule has 0 saturated heterocycles. The van der Waals surface area contributed by atoms with Crippen LogP contribution in [0.25, 0.3) is 0 Å². The van der Waals surface area contributed by atoms with Crippen LogP contribution in [0.3, 0.4) is 0 Å². The summed E-state index contributed by atoms with van der Waals surface area (Å²) in [6, 6.07) is 0. The van der Waals surface area contributed by atoms with Crippen LogP contribution >= 0.6 is 0 Å². The molecule has 3 heteroatoms. The zero-order valence-electron chi connectivity index (χ0n) is 5.72. The second-order valence-electron chi connectivity index (χ2n) is 1.75. The maximum atomic E-state index is 10.6. The van der Waals surface area contributed by atoms with Gasteiger partial charge in [0.2, 0.25) is 0 Å². The molecule has 0 aliphatic rings. The first-order valence-electron chi connectivity index (χ1n) is 2.59. The van der Waals surface area contributed by atoms with E-state index in [1.54, 1.807) is 0 Å². The number of allylic oxidation sites excluding steroid dienone is 1. The largest absolute Gasteiger partial charge is 0.420 e. The monoisotopic (exact) mass is 140 g/mol. The molecular weight excluding hydrogens is 132 g/mol. The minimum absolute atomic E-state index is 0.201. The standard InChI is InChI=1S/C7H8O3/c1-5(2)7(9)10-6(3)4-8/h4H,1,3H2,2H3. The van der Waals surface area contributed by atoms with Crippen LogP contribution in [-0.2, 0) is 14.3 Å². The van der Waals surface area contributed by atoms with Crippen molar-refractivity contribution in [1.29, 1.82) is 0 Å². The van der Waals surface area contributed by atoms with Gasteiger partial charge in [0.25, 0.3) is 0 Å². The number of hydrogen-bond donors (Lipinski definition) is 0. The summed E-state index contributed by atoms with van der Waals surface area (Å²) in [6.45, 7) is 7.94. The molecular formula is C7H8O3. The van der Waals surface area contributed by atoms with E-state index in [-0.39, 0.29) is 11.3 Å². The lowest BCUT2D eigenvalue weighted by atomic mass is 10.4. The summed E-state index contributed by atoms with van der Waals surface area (Å²) < 4.78 is 4.36. The Hall–Kier alpha value is -1.38. The lowest BCUT2D eigenvalue weighted by Crippen LogP contribution is -2.04. The van der Waals surface area contributed by atoms with E-state index in [4.69, 9.17) is 0 Å². The molecule has 3 nitrogen and oxygen atoms in total. The van der Waals surface area contributed by atoms with Crippen LogP contribution in [-0.4, -0.2) is 12.3 Å². The third kappa shape index (κ3) is 2.81. The molecule has 0 aromatic heterocycles. The van der Waals surface area contributed by atoms with Crippen molar-refractivity contribution in [3.8, 4) is 0 Å². The second kappa shape index (κ2) is 3.61. The molecule has 0 aliphatic carbocycles. The highest BCUT2D eigenvalue weighted by Crippen LogP contribution is 1.96. The molecule has 54 valence electrons. The maximum absolute atomic E-state index is 10.6. The topological polar surface area (TPSA) is 43.4 Å². The Balaban J connectivity index is 3.92. The van der Waals surface area contributed by atoms with E-state index in [1.165, 1.54) is 6.92 Å². The van der Waals surface area contributed by atoms with E-state index in [2.05, 4.69) is 17.9 Å². The minimum Gasteiger partial charge on any atom is -0.420 e. The van der Waals surface area contributed by atoms with Crippen LogP contribution in [0.1, 0.15) is 6.92 Å². The van der Waals surface area contributed by atoms with Crippen molar-refractivity contribution in [2.24, 2.45) is 0 Å². The fraction of sp³-hybridized carbons (Fsp3) is 0.143. The number of hydrogen-bond acceptors (Lipinski definition) is 3. The van der Waals surface area contributed by atoms with Gasteiger partial charge >= 0.3 is 5.97 Å². The van der Waals surface area contributed by atoms with Crippen molar-refractivity contribution in [3.63, 3.8) is 0 Å². The van der Waals surface area contributed by atoms with E-state index in [0.717, 1.165) is 0 Å². The van der Waals surface area contributed by atoms with E-state index in [1.807, 2.05) is 0 Å². The summed E-state index contributed by atoms with van der Waals surface area (Å²) in [7, 11) is 0. The van der Waals surface area contributed by atoms with Crippen LogP contribution in [0.15, 0.2) is 24.5 Å². The third-order valence-corrected chi connectivity index (χ3v) is 0.704. The lowest BCUT2D eigenvalue weighted by molar-refractivity contribution is -0.136. The molecule has 0 aliphatic heterocycles. The molecule has 0 fully saturated rings. The van der Waals surface area contributed by atoms with E-state index in [9.17, 15) is 9.59 Å². The van der Waals surface area contributed by atoms with Gasteiger partial charge in [0.1, 0.15) is 0 Å². The van der Waals surface area contributed by atoms with Crippen molar-refractivity contribution in [2.75, 3.05) is 0 Å². The van der Waals surface area contributed by atoms with Gasteiger partial charge in [-0.2, -0.15) is 0 Å². The van der Waals surface area contributed by atoms with Crippen LogP contribution in [0, 0.1) is 0 Å². The predicted molar refractivity (Wildman–Crippen MR) is 36.1 cm³/mol. The van der Waals surface area contributed by atoms with E-state index >= 15 is 0 Å². The quantitative estimate of drug-likeness (QED) is 0.252. The van der Waals surface area contributed by atoms with Crippen molar-refractivity contribution < 1.29 is 14.3 Å². The third-order valence-electron chi connectivity index (χ3n) is 0.704. The smallest absolute Gasteiger partial charge is 0.338 e. The Kier molecular flexibility index (Phi) is 3.11. The normalized spacial score (nSPS) is 8.10. The average molecular weight is 140 g/mol. The zero-order chi connectivity index (χ0) is 8.15.